The third-order valence-corrected chi connectivity index (χ3v) is 6.69. The minimum Gasteiger partial charge on any atom is -0.363 e. The first-order chi connectivity index (χ1) is 10.5. The average molecular weight is 357 g/mol. The second kappa shape index (κ2) is 5.16. The quantitative estimate of drug-likeness (QED) is 0.732. The van der Waals surface area contributed by atoms with Crippen LogP contribution in [0.4, 0.5) is 5.82 Å². The van der Waals surface area contributed by atoms with Gasteiger partial charge >= 0.3 is 0 Å². The summed E-state index contributed by atoms with van der Waals surface area (Å²) in [6.07, 6.45) is 7.63. The molecule has 0 amide bonds. The molecule has 0 atom stereocenters. The molecule has 4 aliphatic carbocycles. The van der Waals surface area contributed by atoms with Crippen molar-refractivity contribution < 1.29 is 0 Å². The van der Waals surface area contributed by atoms with Crippen LogP contribution < -0.4 is 5.32 Å². The normalized spacial score (nSPS) is 35.5. The van der Waals surface area contributed by atoms with Crippen molar-refractivity contribution in [2.75, 3.05) is 5.32 Å². The molecule has 0 radical (unpaired) electrons. The molecule has 3 nitrogen and oxygen atoms in total. The standard InChI is InChI=1S/C16H16Cl3N3/c17-12-11(7-20)14(19)21-15(13(12)18)22-16-4-8-1-9(5-16)3-10(2-8)6-16/h8-10H,1-6H2,(H,21,22). The Morgan fingerprint density at radius 2 is 1.55 bits per heavy atom. The molecule has 0 unspecified atom stereocenters. The lowest BCUT2D eigenvalue weighted by atomic mass is 9.53. The van der Waals surface area contributed by atoms with E-state index >= 15 is 0 Å². The smallest absolute Gasteiger partial charge is 0.150 e. The lowest BCUT2D eigenvalue weighted by molar-refractivity contribution is 0.0105. The molecule has 6 heteroatoms. The summed E-state index contributed by atoms with van der Waals surface area (Å²) in [4.78, 5) is 4.30. The van der Waals surface area contributed by atoms with Crippen LogP contribution in [0, 0.1) is 29.1 Å². The Kier molecular flexibility index (Phi) is 3.49. The molecule has 0 spiro atoms. The van der Waals surface area contributed by atoms with Gasteiger partial charge in [-0.2, -0.15) is 5.26 Å². The van der Waals surface area contributed by atoms with E-state index in [1.54, 1.807) is 0 Å². The SMILES string of the molecule is N#Cc1c(Cl)nc(NC23CC4CC(CC(C4)C2)C3)c(Cl)c1Cl. The molecule has 1 aromatic rings. The number of nitriles is 1. The molecule has 116 valence electrons. The Labute approximate surface area is 145 Å². The highest BCUT2D eigenvalue weighted by Gasteiger charge is 2.51. The summed E-state index contributed by atoms with van der Waals surface area (Å²) in [7, 11) is 0. The van der Waals surface area contributed by atoms with Gasteiger partial charge in [-0.25, -0.2) is 4.98 Å². The molecule has 22 heavy (non-hydrogen) atoms. The predicted octanol–water partition coefficient (Wildman–Crippen LogP) is 5.29. The van der Waals surface area contributed by atoms with Gasteiger partial charge in [0.15, 0.2) is 5.15 Å². The summed E-state index contributed by atoms with van der Waals surface area (Å²) in [5.74, 6) is 2.99. The maximum Gasteiger partial charge on any atom is 0.150 e. The van der Waals surface area contributed by atoms with Gasteiger partial charge < -0.3 is 5.32 Å². The zero-order valence-corrected chi connectivity index (χ0v) is 14.3. The summed E-state index contributed by atoms with van der Waals surface area (Å²) in [5, 5.41) is 13.3. The zero-order chi connectivity index (χ0) is 15.5. The van der Waals surface area contributed by atoms with Crippen LogP contribution in [0.15, 0.2) is 0 Å². The van der Waals surface area contributed by atoms with Gasteiger partial charge in [-0.1, -0.05) is 34.8 Å². The van der Waals surface area contributed by atoms with E-state index in [0.717, 1.165) is 17.8 Å². The first kappa shape index (κ1) is 14.9. The van der Waals surface area contributed by atoms with Crippen LogP contribution in [0.3, 0.4) is 0 Å². The van der Waals surface area contributed by atoms with E-state index in [2.05, 4.69) is 10.3 Å². The number of pyridine rings is 1. The van der Waals surface area contributed by atoms with Crippen molar-refractivity contribution >= 4 is 40.6 Å². The molecule has 0 aliphatic heterocycles. The fraction of sp³-hybridized carbons (Fsp3) is 0.625. The molecule has 4 saturated carbocycles. The first-order valence-corrected chi connectivity index (χ1v) is 8.86. The minimum absolute atomic E-state index is 0.0756. The fourth-order valence-corrected chi connectivity index (χ4v) is 5.88. The monoisotopic (exact) mass is 355 g/mol. The molecular formula is C16H16Cl3N3. The highest BCUT2D eigenvalue weighted by atomic mass is 35.5. The molecule has 0 aromatic carbocycles. The van der Waals surface area contributed by atoms with Gasteiger partial charge in [-0.15, -0.1) is 0 Å². The lowest BCUT2D eigenvalue weighted by Crippen LogP contribution is -2.54. The number of hydrogen-bond acceptors (Lipinski definition) is 3. The third kappa shape index (κ3) is 2.28. The summed E-state index contributed by atoms with van der Waals surface area (Å²) in [6, 6.07) is 1.95. The maximum atomic E-state index is 9.08. The second-order valence-electron chi connectivity index (χ2n) is 7.19. The Bertz CT molecular complexity index is 645. The summed E-state index contributed by atoms with van der Waals surface area (Å²) >= 11 is 18.6. The number of nitrogens with one attached hydrogen (secondary N) is 1. The van der Waals surface area contributed by atoms with E-state index in [9.17, 15) is 0 Å². The molecule has 1 heterocycles. The molecule has 1 aromatic heterocycles. The van der Waals surface area contributed by atoms with Crippen LogP contribution in [-0.4, -0.2) is 10.5 Å². The van der Waals surface area contributed by atoms with Crippen LogP contribution in [0.5, 0.6) is 0 Å². The van der Waals surface area contributed by atoms with Gasteiger partial charge in [0.2, 0.25) is 0 Å². The summed E-state index contributed by atoms with van der Waals surface area (Å²) < 4.78 is 0. The van der Waals surface area contributed by atoms with Crippen LogP contribution in [0.2, 0.25) is 15.2 Å². The third-order valence-electron chi connectivity index (χ3n) is 5.57. The zero-order valence-electron chi connectivity index (χ0n) is 12.0. The van der Waals surface area contributed by atoms with E-state index < -0.39 is 0 Å². The van der Waals surface area contributed by atoms with Gasteiger partial charge in [0.05, 0.1) is 5.02 Å². The van der Waals surface area contributed by atoms with E-state index in [1.807, 2.05) is 6.07 Å². The highest BCUT2D eigenvalue weighted by molar-refractivity contribution is 6.45. The number of nitrogens with zero attached hydrogens (tertiary/aromatic N) is 2. The van der Waals surface area contributed by atoms with Crippen molar-refractivity contribution in [3.05, 3.63) is 20.8 Å². The van der Waals surface area contributed by atoms with Crippen LogP contribution >= 0.6 is 34.8 Å². The Hall–Kier alpha value is -0.690. The van der Waals surface area contributed by atoms with Gasteiger partial charge in [0.1, 0.15) is 22.5 Å². The highest BCUT2D eigenvalue weighted by Crippen LogP contribution is 2.57. The number of aromatic nitrogens is 1. The molecule has 4 bridgehead atoms. The van der Waals surface area contributed by atoms with Crippen molar-refractivity contribution in [1.82, 2.24) is 4.98 Å². The van der Waals surface area contributed by atoms with E-state index in [4.69, 9.17) is 40.1 Å². The predicted molar refractivity (Wildman–Crippen MR) is 88.5 cm³/mol. The first-order valence-electron chi connectivity index (χ1n) is 7.72. The van der Waals surface area contributed by atoms with Gasteiger partial charge in [0, 0.05) is 5.54 Å². The molecule has 5 rings (SSSR count). The van der Waals surface area contributed by atoms with Gasteiger partial charge in [-0.05, 0) is 56.3 Å². The Balaban J connectivity index is 1.68. The average Bonchev–Trinajstić information content (AvgIpc) is 2.43. The molecule has 0 saturated heterocycles. The molecular weight excluding hydrogens is 341 g/mol. The van der Waals surface area contributed by atoms with Crippen molar-refractivity contribution in [2.45, 2.75) is 44.1 Å². The summed E-state index contributed by atoms with van der Waals surface area (Å²) in [5.41, 5.74) is 0.219. The Morgan fingerprint density at radius 1 is 1.00 bits per heavy atom. The van der Waals surface area contributed by atoms with E-state index in [0.29, 0.717) is 10.8 Å². The van der Waals surface area contributed by atoms with Gasteiger partial charge in [-0.3, -0.25) is 0 Å². The molecule has 1 N–H and O–H groups in total. The topological polar surface area (TPSA) is 48.7 Å². The van der Waals surface area contributed by atoms with Crippen molar-refractivity contribution in [3.63, 3.8) is 0 Å². The second-order valence-corrected chi connectivity index (χ2v) is 8.30. The number of rotatable bonds is 2. The van der Waals surface area contributed by atoms with Gasteiger partial charge in [0.25, 0.3) is 0 Å². The lowest BCUT2D eigenvalue weighted by Gasteiger charge is -2.57. The maximum absolute atomic E-state index is 9.08. The number of anilines is 1. The van der Waals surface area contributed by atoms with E-state index in [1.165, 1.54) is 38.5 Å². The molecule has 4 fully saturated rings. The van der Waals surface area contributed by atoms with Crippen LogP contribution in [-0.2, 0) is 0 Å². The van der Waals surface area contributed by atoms with E-state index in [-0.39, 0.29) is 21.3 Å². The minimum atomic E-state index is 0.0756. The summed E-state index contributed by atoms with van der Waals surface area (Å²) in [6.45, 7) is 0. The molecule has 4 aliphatic rings. The van der Waals surface area contributed by atoms with Crippen molar-refractivity contribution in [2.24, 2.45) is 17.8 Å². The van der Waals surface area contributed by atoms with Crippen LogP contribution in [0.25, 0.3) is 0 Å². The number of halogens is 3. The largest absolute Gasteiger partial charge is 0.363 e. The number of hydrogen-bond donors (Lipinski definition) is 1. The van der Waals surface area contributed by atoms with Crippen molar-refractivity contribution in [3.8, 4) is 6.07 Å². The van der Waals surface area contributed by atoms with Crippen molar-refractivity contribution in [1.29, 1.82) is 5.26 Å². The fourth-order valence-electron chi connectivity index (χ4n) is 5.20. The Morgan fingerprint density at radius 3 is 2.05 bits per heavy atom. The van der Waals surface area contributed by atoms with Crippen LogP contribution in [0.1, 0.15) is 44.1 Å².